The molecule has 3 N–H and O–H groups in total. The third-order valence-corrected chi connectivity index (χ3v) is 1.87. The summed E-state index contributed by atoms with van der Waals surface area (Å²) >= 11 is 5.78. The minimum atomic E-state index is 0.166. The lowest BCUT2D eigenvalue weighted by atomic mass is 10.4. The SMILES string of the molecule is Cc1nn(CCC(=N)N)cc1Cl. The molecule has 0 saturated heterocycles. The van der Waals surface area contributed by atoms with Crippen LogP contribution in [0.15, 0.2) is 6.20 Å². The van der Waals surface area contributed by atoms with Crippen LogP contribution < -0.4 is 5.73 Å². The van der Waals surface area contributed by atoms with E-state index in [4.69, 9.17) is 22.7 Å². The van der Waals surface area contributed by atoms with Gasteiger partial charge in [0.25, 0.3) is 0 Å². The Morgan fingerprint density at radius 1 is 1.83 bits per heavy atom. The van der Waals surface area contributed by atoms with Crippen LogP contribution in [0.25, 0.3) is 0 Å². The predicted molar refractivity (Wildman–Crippen MR) is 48.5 cm³/mol. The number of halogens is 1. The minimum Gasteiger partial charge on any atom is -0.388 e. The zero-order valence-corrected chi connectivity index (χ0v) is 7.60. The summed E-state index contributed by atoms with van der Waals surface area (Å²) in [7, 11) is 0. The molecule has 1 aromatic rings. The highest BCUT2D eigenvalue weighted by Gasteiger charge is 2.01. The molecule has 4 nitrogen and oxygen atoms in total. The van der Waals surface area contributed by atoms with E-state index < -0.39 is 0 Å². The van der Waals surface area contributed by atoms with Crippen molar-refractivity contribution in [2.75, 3.05) is 0 Å². The topological polar surface area (TPSA) is 67.7 Å². The molecule has 0 aliphatic carbocycles. The molecular weight excluding hydrogens is 176 g/mol. The van der Waals surface area contributed by atoms with E-state index in [1.807, 2.05) is 6.92 Å². The summed E-state index contributed by atoms with van der Waals surface area (Å²) in [5, 5.41) is 11.8. The molecule has 1 heterocycles. The summed E-state index contributed by atoms with van der Waals surface area (Å²) in [4.78, 5) is 0. The molecule has 0 unspecified atom stereocenters. The maximum absolute atomic E-state index is 7.01. The molecule has 0 aliphatic rings. The van der Waals surface area contributed by atoms with Gasteiger partial charge in [-0.1, -0.05) is 11.6 Å². The van der Waals surface area contributed by atoms with Crippen LogP contribution in [0.4, 0.5) is 0 Å². The van der Waals surface area contributed by atoms with E-state index in [-0.39, 0.29) is 5.84 Å². The molecule has 0 atom stereocenters. The van der Waals surface area contributed by atoms with E-state index >= 15 is 0 Å². The van der Waals surface area contributed by atoms with Crippen LogP contribution in [0.1, 0.15) is 12.1 Å². The lowest BCUT2D eigenvalue weighted by Gasteiger charge is -1.98. The van der Waals surface area contributed by atoms with Crippen molar-refractivity contribution in [1.29, 1.82) is 5.41 Å². The summed E-state index contributed by atoms with van der Waals surface area (Å²) in [6, 6.07) is 0. The fraction of sp³-hybridized carbons (Fsp3) is 0.429. The fourth-order valence-electron chi connectivity index (χ4n) is 0.843. The van der Waals surface area contributed by atoms with Gasteiger partial charge in [0.1, 0.15) is 0 Å². The number of nitrogens with two attached hydrogens (primary N) is 1. The molecule has 5 heteroatoms. The van der Waals surface area contributed by atoms with Gasteiger partial charge in [-0.2, -0.15) is 5.10 Å². The van der Waals surface area contributed by atoms with Gasteiger partial charge < -0.3 is 5.73 Å². The second-order valence-electron chi connectivity index (χ2n) is 2.60. The molecule has 1 aromatic heterocycles. The maximum atomic E-state index is 7.01. The van der Waals surface area contributed by atoms with Gasteiger partial charge >= 0.3 is 0 Å². The number of hydrogen-bond acceptors (Lipinski definition) is 2. The lowest BCUT2D eigenvalue weighted by Crippen LogP contribution is -2.13. The van der Waals surface area contributed by atoms with Crippen molar-refractivity contribution in [2.24, 2.45) is 5.73 Å². The Bertz CT molecular complexity index is 272. The van der Waals surface area contributed by atoms with Crippen LogP contribution in [-0.4, -0.2) is 15.6 Å². The Hall–Kier alpha value is -1.03. The second kappa shape index (κ2) is 3.58. The Morgan fingerprint density at radius 2 is 2.50 bits per heavy atom. The summed E-state index contributed by atoms with van der Waals surface area (Å²) in [6.07, 6.45) is 2.25. The molecule has 0 bridgehead atoms. The molecule has 12 heavy (non-hydrogen) atoms. The van der Waals surface area contributed by atoms with Crippen LogP contribution in [0.2, 0.25) is 5.02 Å². The van der Waals surface area contributed by atoms with Gasteiger partial charge in [0.2, 0.25) is 0 Å². The summed E-state index contributed by atoms with van der Waals surface area (Å²) in [5.74, 6) is 0.166. The Labute approximate surface area is 75.8 Å². The van der Waals surface area contributed by atoms with Crippen LogP contribution in [0, 0.1) is 12.3 Å². The maximum Gasteiger partial charge on any atom is 0.0923 e. The molecule has 0 radical (unpaired) electrons. The van der Waals surface area contributed by atoms with Gasteiger partial charge in [0, 0.05) is 19.2 Å². The van der Waals surface area contributed by atoms with E-state index in [1.165, 1.54) is 0 Å². The van der Waals surface area contributed by atoms with Crippen LogP contribution >= 0.6 is 11.6 Å². The highest BCUT2D eigenvalue weighted by Crippen LogP contribution is 2.11. The average molecular weight is 187 g/mol. The molecular formula is C7H11ClN4. The normalized spacial score (nSPS) is 10.2. The van der Waals surface area contributed by atoms with Gasteiger partial charge in [0.05, 0.1) is 16.6 Å². The summed E-state index contributed by atoms with van der Waals surface area (Å²) < 4.78 is 1.69. The predicted octanol–water partition coefficient (Wildman–Crippen LogP) is 1.17. The number of aryl methyl sites for hydroxylation is 2. The third kappa shape index (κ3) is 2.23. The van der Waals surface area contributed by atoms with Gasteiger partial charge in [-0.05, 0) is 6.92 Å². The number of aromatic nitrogens is 2. The van der Waals surface area contributed by atoms with E-state index in [9.17, 15) is 0 Å². The Morgan fingerprint density at radius 3 is 2.92 bits per heavy atom. The summed E-state index contributed by atoms with van der Waals surface area (Å²) in [5.41, 5.74) is 6.00. The number of hydrogen-bond donors (Lipinski definition) is 2. The van der Waals surface area contributed by atoms with Crippen LogP contribution in [-0.2, 0) is 6.54 Å². The van der Waals surface area contributed by atoms with Crippen molar-refractivity contribution in [2.45, 2.75) is 19.9 Å². The van der Waals surface area contributed by atoms with Crippen molar-refractivity contribution in [3.8, 4) is 0 Å². The molecule has 0 fully saturated rings. The first-order valence-corrected chi connectivity index (χ1v) is 4.00. The lowest BCUT2D eigenvalue weighted by molar-refractivity contribution is 0.626. The monoisotopic (exact) mass is 186 g/mol. The molecule has 66 valence electrons. The molecule has 0 aromatic carbocycles. The molecule has 0 aliphatic heterocycles. The third-order valence-electron chi connectivity index (χ3n) is 1.50. The summed E-state index contributed by atoms with van der Waals surface area (Å²) in [6.45, 7) is 2.45. The molecule has 0 saturated carbocycles. The minimum absolute atomic E-state index is 0.166. The van der Waals surface area contributed by atoms with Crippen LogP contribution in [0.5, 0.6) is 0 Å². The van der Waals surface area contributed by atoms with E-state index in [0.717, 1.165) is 5.69 Å². The molecule has 0 spiro atoms. The first-order valence-electron chi connectivity index (χ1n) is 3.62. The fourth-order valence-corrected chi connectivity index (χ4v) is 0.994. The first-order chi connectivity index (χ1) is 5.59. The Kier molecular flexibility index (Phi) is 2.70. The molecule has 0 amide bonds. The quantitative estimate of drug-likeness (QED) is 0.550. The van der Waals surface area contributed by atoms with Crippen molar-refractivity contribution in [3.05, 3.63) is 16.9 Å². The van der Waals surface area contributed by atoms with Crippen molar-refractivity contribution >= 4 is 17.4 Å². The second-order valence-corrected chi connectivity index (χ2v) is 3.01. The Balaban J connectivity index is 2.58. The number of nitrogens with zero attached hydrogens (tertiary/aromatic N) is 2. The number of amidine groups is 1. The van der Waals surface area contributed by atoms with Crippen molar-refractivity contribution < 1.29 is 0 Å². The first kappa shape index (κ1) is 9.06. The van der Waals surface area contributed by atoms with E-state index in [2.05, 4.69) is 5.10 Å². The van der Waals surface area contributed by atoms with Crippen molar-refractivity contribution in [3.63, 3.8) is 0 Å². The van der Waals surface area contributed by atoms with Gasteiger partial charge in [0.15, 0.2) is 0 Å². The molecule has 1 rings (SSSR count). The van der Waals surface area contributed by atoms with E-state index in [0.29, 0.717) is 18.0 Å². The number of nitrogens with one attached hydrogen (secondary N) is 1. The smallest absolute Gasteiger partial charge is 0.0923 e. The van der Waals surface area contributed by atoms with Gasteiger partial charge in [-0.3, -0.25) is 10.1 Å². The number of rotatable bonds is 3. The highest BCUT2D eigenvalue weighted by atomic mass is 35.5. The zero-order valence-electron chi connectivity index (χ0n) is 6.84. The average Bonchev–Trinajstić information content (AvgIpc) is 2.28. The van der Waals surface area contributed by atoms with E-state index in [1.54, 1.807) is 10.9 Å². The van der Waals surface area contributed by atoms with Gasteiger partial charge in [-0.15, -0.1) is 0 Å². The zero-order chi connectivity index (χ0) is 9.14. The van der Waals surface area contributed by atoms with Gasteiger partial charge in [-0.25, -0.2) is 0 Å². The van der Waals surface area contributed by atoms with Crippen LogP contribution in [0.3, 0.4) is 0 Å². The highest BCUT2D eigenvalue weighted by molar-refractivity contribution is 6.31. The van der Waals surface area contributed by atoms with Crippen molar-refractivity contribution in [1.82, 2.24) is 9.78 Å². The standard InChI is InChI=1S/C7H11ClN4/c1-5-6(8)4-12(11-5)3-2-7(9)10/h4H,2-3H2,1H3,(H3,9,10). The largest absolute Gasteiger partial charge is 0.388 e.